The molecule has 0 radical (unpaired) electrons. The minimum atomic E-state index is -1.52. The standard InChI is InChI=1S/C41H49FN6O9S/c1-22(2)35(49)46-39-44-29(21-58-39)28-18-32(26-15-16-31(55-3)33(42)34(26)43-28)56-25-17-30-36(50)47-41(38(52)53)19-23(41)11-7-5-4-6-8-14-27(37(51)48(30)20-25)45-40(54)57-24-12-9-10-13-24/h7,11,15-16,18,21-25,27,30H,4-6,8-10,12-14,17,19-20H2,1-3H3,(H,45,54)(H,47,50)(H,52,53)(H,44,46,49)/b11-7-/t23-,25+,27-,30-,41+/m0/s1. The number of rotatable bonds is 9. The Labute approximate surface area is 339 Å². The van der Waals surface area contributed by atoms with Crippen LogP contribution in [-0.4, -0.2) is 93.2 Å². The van der Waals surface area contributed by atoms with Gasteiger partial charge in [0.15, 0.2) is 16.7 Å². The van der Waals surface area contributed by atoms with Crippen LogP contribution in [0.4, 0.5) is 14.3 Å². The summed E-state index contributed by atoms with van der Waals surface area (Å²) in [5.74, 6) is -3.86. The number of hydrogen-bond donors (Lipinski definition) is 4. The summed E-state index contributed by atoms with van der Waals surface area (Å²) >= 11 is 1.18. The van der Waals surface area contributed by atoms with Crippen LogP contribution in [0, 0.1) is 17.7 Å². The third kappa shape index (κ3) is 8.73. The van der Waals surface area contributed by atoms with E-state index in [0.29, 0.717) is 30.1 Å². The molecule has 4 heterocycles. The number of carboxylic acids is 1. The van der Waals surface area contributed by atoms with E-state index in [9.17, 15) is 29.1 Å². The van der Waals surface area contributed by atoms with Crippen molar-refractivity contribution in [3.63, 3.8) is 0 Å². The first-order valence-electron chi connectivity index (χ1n) is 20.0. The van der Waals surface area contributed by atoms with Crippen LogP contribution in [0.5, 0.6) is 11.5 Å². The predicted octanol–water partition coefficient (Wildman–Crippen LogP) is 5.97. The molecule has 58 heavy (non-hydrogen) atoms. The lowest BCUT2D eigenvalue weighted by Gasteiger charge is -2.29. The van der Waals surface area contributed by atoms with Gasteiger partial charge in [0.05, 0.1) is 19.3 Å². The van der Waals surface area contributed by atoms with E-state index in [1.54, 1.807) is 31.4 Å². The number of allylic oxidation sites excluding steroid dienone is 1. The Bertz CT molecular complexity index is 2100. The van der Waals surface area contributed by atoms with Crippen molar-refractivity contribution in [3.8, 4) is 22.9 Å². The minimum Gasteiger partial charge on any atom is -0.494 e. The number of anilines is 1. The predicted molar refractivity (Wildman–Crippen MR) is 212 cm³/mol. The van der Waals surface area contributed by atoms with E-state index in [-0.39, 0.29) is 65.4 Å². The van der Waals surface area contributed by atoms with Crippen LogP contribution in [0.2, 0.25) is 0 Å². The number of thiazole rings is 1. The number of carboxylic acid groups (broad SMARTS) is 1. The Balaban J connectivity index is 1.21. The second kappa shape index (κ2) is 17.3. The number of amides is 4. The number of hydrogen-bond acceptors (Lipinski definition) is 11. The average Bonchev–Trinajstić information content (AvgIpc) is 3.62. The monoisotopic (exact) mass is 820 g/mol. The molecule has 15 nitrogen and oxygen atoms in total. The summed E-state index contributed by atoms with van der Waals surface area (Å²) in [6, 6.07) is 2.44. The van der Waals surface area contributed by atoms with Crippen LogP contribution >= 0.6 is 11.3 Å². The Morgan fingerprint density at radius 2 is 1.81 bits per heavy atom. The first-order chi connectivity index (χ1) is 27.9. The number of fused-ring (bicyclic) bond motifs is 3. The van der Waals surface area contributed by atoms with Gasteiger partial charge >= 0.3 is 12.1 Å². The molecule has 4 aliphatic rings. The number of nitrogens with zero attached hydrogens (tertiary/aromatic N) is 3. The van der Waals surface area contributed by atoms with Crippen LogP contribution in [0.25, 0.3) is 22.3 Å². The van der Waals surface area contributed by atoms with Crippen molar-refractivity contribution in [3.05, 3.63) is 41.5 Å². The number of carbonyl (C=O) groups is 5. The summed E-state index contributed by atoms with van der Waals surface area (Å²) in [6.07, 6.45) is 8.78. The van der Waals surface area contributed by atoms with Crippen LogP contribution in [0.15, 0.2) is 35.7 Å². The van der Waals surface area contributed by atoms with Crippen molar-refractivity contribution in [2.45, 2.75) is 114 Å². The molecule has 4 amide bonds. The van der Waals surface area contributed by atoms with Gasteiger partial charge in [-0.15, -0.1) is 11.3 Å². The molecule has 1 aromatic carbocycles. The zero-order valence-electron chi connectivity index (χ0n) is 32.8. The zero-order chi connectivity index (χ0) is 41.1. The molecule has 2 aliphatic heterocycles. The molecule has 310 valence electrons. The summed E-state index contributed by atoms with van der Waals surface area (Å²) in [6.45, 7) is 3.41. The van der Waals surface area contributed by atoms with Gasteiger partial charge in [0, 0.05) is 35.1 Å². The molecule has 4 N–H and O–H groups in total. The molecule has 1 saturated heterocycles. The lowest BCUT2D eigenvalue weighted by atomic mass is 10.0. The molecule has 3 aromatic rings. The number of pyridine rings is 1. The van der Waals surface area contributed by atoms with Crippen molar-refractivity contribution in [1.82, 2.24) is 25.5 Å². The number of aromatic nitrogens is 2. The number of carbonyl (C=O) groups excluding carboxylic acids is 4. The summed E-state index contributed by atoms with van der Waals surface area (Å²) < 4.78 is 33.4. The molecule has 2 aliphatic carbocycles. The van der Waals surface area contributed by atoms with Crippen molar-refractivity contribution in [2.75, 3.05) is 19.0 Å². The third-order valence-electron chi connectivity index (χ3n) is 11.4. The van der Waals surface area contributed by atoms with Crippen LogP contribution in [0.3, 0.4) is 0 Å². The van der Waals surface area contributed by atoms with Gasteiger partial charge in [0.1, 0.15) is 46.8 Å². The van der Waals surface area contributed by atoms with E-state index in [1.165, 1.54) is 29.4 Å². The molecule has 2 saturated carbocycles. The first-order valence-corrected chi connectivity index (χ1v) is 20.8. The van der Waals surface area contributed by atoms with Crippen molar-refractivity contribution in [1.29, 1.82) is 0 Å². The molecular formula is C41H49FN6O9S. The van der Waals surface area contributed by atoms with Gasteiger partial charge in [-0.05, 0) is 63.5 Å². The highest BCUT2D eigenvalue weighted by Crippen LogP contribution is 2.46. The molecule has 7 rings (SSSR count). The third-order valence-corrected chi connectivity index (χ3v) is 12.1. The number of aliphatic carboxylic acids is 1. The topological polar surface area (TPSA) is 198 Å². The second-order valence-corrected chi connectivity index (χ2v) is 16.7. The fourth-order valence-corrected chi connectivity index (χ4v) is 8.66. The highest BCUT2D eigenvalue weighted by Gasteiger charge is 2.61. The molecule has 2 aromatic heterocycles. The Kier molecular flexibility index (Phi) is 12.2. The van der Waals surface area contributed by atoms with Crippen LogP contribution in [-0.2, 0) is 23.9 Å². The van der Waals surface area contributed by atoms with Crippen molar-refractivity contribution in [2.24, 2.45) is 11.8 Å². The maximum atomic E-state index is 15.9. The Morgan fingerprint density at radius 1 is 1.03 bits per heavy atom. The van der Waals surface area contributed by atoms with Crippen LogP contribution in [0.1, 0.15) is 84.5 Å². The molecule has 0 spiro atoms. The number of alkyl carbamates (subject to hydrolysis) is 1. The molecule has 0 bridgehead atoms. The quantitative estimate of drug-likeness (QED) is 0.186. The molecule has 3 fully saturated rings. The number of ether oxygens (including phenoxy) is 3. The van der Waals surface area contributed by atoms with Crippen molar-refractivity contribution < 1.29 is 47.7 Å². The van der Waals surface area contributed by atoms with E-state index >= 15 is 4.39 Å². The number of nitrogens with one attached hydrogen (secondary N) is 3. The minimum absolute atomic E-state index is 0.0348. The number of halogens is 1. The van der Waals surface area contributed by atoms with Crippen molar-refractivity contribution >= 4 is 57.2 Å². The SMILES string of the molecule is COc1ccc2c(O[C@@H]3C[C@H]4C(=O)N[C@]5(C(=O)O)C[C@@H]5/C=C\CCCCC[C@H](NC(=O)OC5CCCC5)C(=O)N4C3)cc(-c3csc(NC(=O)C(C)C)n3)nc2c1F. The fourth-order valence-electron chi connectivity index (χ4n) is 7.95. The van der Waals surface area contributed by atoms with Gasteiger partial charge in [-0.1, -0.05) is 38.8 Å². The first kappa shape index (κ1) is 40.9. The maximum Gasteiger partial charge on any atom is 0.408 e. The van der Waals surface area contributed by atoms with Gasteiger partial charge in [0.25, 0.3) is 0 Å². The largest absolute Gasteiger partial charge is 0.494 e. The van der Waals surface area contributed by atoms with E-state index in [0.717, 1.165) is 38.5 Å². The van der Waals surface area contributed by atoms with Gasteiger partial charge in [-0.3, -0.25) is 14.4 Å². The van der Waals surface area contributed by atoms with Gasteiger partial charge in [0.2, 0.25) is 17.7 Å². The van der Waals surface area contributed by atoms with Crippen LogP contribution < -0.4 is 25.4 Å². The molecule has 0 unspecified atom stereocenters. The summed E-state index contributed by atoms with van der Waals surface area (Å²) in [4.78, 5) is 77.3. The normalized spacial score (nSPS) is 25.8. The van der Waals surface area contributed by atoms with Gasteiger partial charge < -0.3 is 40.2 Å². The smallest absolute Gasteiger partial charge is 0.408 e. The molecular weight excluding hydrogens is 772 g/mol. The Hall–Kier alpha value is -5.32. The average molecular weight is 821 g/mol. The summed E-state index contributed by atoms with van der Waals surface area (Å²) in [5.41, 5.74) is -1.01. The number of methoxy groups -OCH3 is 1. The van der Waals surface area contributed by atoms with E-state index in [2.05, 4.69) is 25.9 Å². The van der Waals surface area contributed by atoms with Gasteiger partial charge in [-0.25, -0.2) is 23.9 Å². The van der Waals surface area contributed by atoms with E-state index in [4.69, 9.17) is 14.2 Å². The second-order valence-electron chi connectivity index (χ2n) is 15.8. The lowest BCUT2D eigenvalue weighted by Crippen LogP contribution is -2.56. The number of benzene rings is 1. The van der Waals surface area contributed by atoms with Gasteiger partial charge in [-0.2, -0.15) is 0 Å². The highest BCUT2D eigenvalue weighted by molar-refractivity contribution is 7.14. The lowest BCUT2D eigenvalue weighted by molar-refractivity contribution is -0.145. The summed E-state index contributed by atoms with van der Waals surface area (Å²) in [5, 5.41) is 20.9. The maximum absolute atomic E-state index is 15.9. The van der Waals surface area contributed by atoms with E-state index in [1.807, 2.05) is 12.2 Å². The summed E-state index contributed by atoms with van der Waals surface area (Å²) in [7, 11) is 1.34. The zero-order valence-corrected chi connectivity index (χ0v) is 33.6. The Morgan fingerprint density at radius 3 is 2.55 bits per heavy atom. The fraction of sp³-hybridized carbons (Fsp3) is 0.537. The van der Waals surface area contributed by atoms with E-state index < -0.39 is 59.3 Å². The molecule has 5 atom stereocenters. The molecule has 17 heteroatoms. The highest BCUT2D eigenvalue weighted by atomic mass is 32.1.